The maximum absolute atomic E-state index is 5.66. The van der Waals surface area contributed by atoms with Gasteiger partial charge < -0.3 is 11.1 Å². The number of hydrogen-bond donors (Lipinski definition) is 2. The molecule has 11 heteroatoms. The van der Waals surface area contributed by atoms with Gasteiger partial charge in [0.05, 0.1) is 0 Å². The Morgan fingerprint density at radius 3 is 2.86 bits per heavy atom. The highest BCUT2D eigenvalue weighted by molar-refractivity contribution is 5.34. The molecule has 0 atom stereocenters. The monoisotopic (exact) mass is 287 g/mol. The molecule has 0 aliphatic rings. The molecule has 0 amide bonds. The number of nitrogens with two attached hydrogens (primary N) is 1. The minimum Gasteiger partial charge on any atom is -0.368 e. The number of aromatic nitrogens is 9. The van der Waals surface area contributed by atoms with Crippen LogP contribution in [0.25, 0.3) is 5.95 Å². The zero-order valence-corrected chi connectivity index (χ0v) is 11.2. The van der Waals surface area contributed by atoms with Gasteiger partial charge in [0.15, 0.2) is 5.82 Å². The summed E-state index contributed by atoms with van der Waals surface area (Å²) in [6.45, 7) is 0.574. The van der Waals surface area contributed by atoms with E-state index in [1.807, 2.05) is 7.05 Å². The van der Waals surface area contributed by atoms with Gasteiger partial charge in [-0.05, 0) is 0 Å². The normalized spacial score (nSPS) is 10.7. The van der Waals surface area contributed by atoms with Crippen LogP contribution in [0.15, 0.2) is 19.0 Å². The molecule has 3 heterocycles. The summed E-state index contributed by atoms with van der Waals surface area (Å²) in [6.07, 6.45) is 5.17. The number of nitrogens with one attached hydrogen (secondary N) is 1. The van der Waals surface area contributed by atoms with Crippen molar-refractivity contribution < 1.29 is 0 Å². The molecular weight excluding hydrogens is 274 g/mol. The SMILES string of the molecule is Cn1cnc(CCNc2nc(N)nc(-n3cncn3)n2)n1. The van der Waals surface area contributed by atoms with E-state index in [1.54, 1.807) is 11.0 Å². The molecule has 108 valence electrons. The minimum absolute atomic E-state index is 0.106. The smallest absolute Gasteiger partial charge is 0.258 e. The Balaban J connectivity index is 1.68. The van der Waals surface area contributed by atoms with Crippen LogP contribution in [0.1, 0.15) is 5.82 Å². The molecule has 0 aromatic carbocycles. The van der Waals surface area contributed by atoms with Crippen LogP contribution < -0.4 is 11.1 Å². The van der Waals surface area contributed by atoms with Crippen molar-refractivity contribution in [2.75, 3.05) is 17.6 Å². The molecule has 0 bridgehead atoms. The Morgan fingerprint density at radius 2 is 2.14 bits per heavy atom. The van der Waals surface area contributed by atoms with Crippen LogP contribution in [-0.2, 0) is 13.5 Å². The first-order valence-electron chi connectivity index (χ1n) is 6.15. The number of anilines is 2. The quantitative estimate of drug-likeness (QED) is 0.593. The van der Waals surface area contributed by atoms with E-state index in [4.69, 9.17) is 5.73 Å². The van der Waals surface area contributed by atoms with Crippen LogP contribution in [-0.4, -0.2) is 51.0 Å². The van der Waals surface area contributed by atoms with Gasteiger partial charge >= 0.3 is 0 Å². The van der Waals surface area contributed by atoms with Crippen LogP contribution in [0.2, 0.25) is 0 Å². The lowest BCUT2D eigenvalue weighted by atomic mass is 10.4. The van der Waals surface area contributed by atoms with Crippen molar-refractivity contribution in [2.24, 2.45) is 7.05 Å². The van der Waals surface area contributed by atoms with Crippen molar-refractivity contribution >= 4 is 11.9 Å². The van der Waals surface area contributed by atoms with E-state index in [2.05, 4.69) is 40.4 Å². The predicted octanol–water partition coefficient (Wildman–Crippen LogP) is -1.18. The Labute approximate surface area is 119 Å². The van der Waals surface area contributed by atoms with Gasteiger partial charge in [-0.2, -0.15) is 29.8 Å². The summed E-state index contributed by atoms with van der Waals surface area (Å²) in [5.41, 5.74) is 5.66. The van der Waals surface area contributed by atoms with E-state index in [-0.39, 0.29) is 5.95 Å². The first-order chi connectivity index (χ1) is 10.2. The fraction of sp³-hybridized carbons (Fsp3) is 0.300. The fourth-order valence-electron chi connectivity index (χ4n) is 1.66. The van der Waals surface area contributed by atoms with E-state index in [0.29, 0.717) is 24.9 Å². The van der Waals surface area contributed by atoms with E-state index in [1.165, 1.54) is 17.3 Å². The number of nitrogen functional groups attached to an aromatic ring is 1. The van der Waals surface area contributed by atoms with Gasteiger partial charge in [-0.15, -0.1) is 0 Å². The van der Waals surface area contributed by atoms with Gasteiger partial charge in [-0.1, -0.05) is 0 Å². The average molecular weight is 287 g/mol. The van der Waals surface area contributed by atoms with Crippen LogP contribution >= 0.6 is 0 Å². The second kappa shape index (κ2) is 5.48. The zero-order valence-electron chi connectivity index (χ0n) is 11.2. The van der Waals surface area contributed by atoms with Crippen molar-refractivity contribution in [1.82, 2.24) is 44.5 Å². The Kier molecular flexibility index (Phi) is 3.37. The summed E-state index contributed by atoms with van der Waals surface area (Å²) in [5.74, 6) is 1.51. The molecule has 0 aliphatic heterocycles. The van der Waals surface area contributed by atoms with Gasteiger partial charge in [0.1, 0.15) is 19.0 Å². The maximum atomic E-state index is 5.66. The highest BCUT2D eigenvalue weighted by Gasteiger charge is 2.07. The molecule has 0 saturated carbocycles. The Bertz CT molecular complexity index is 716. The van der Waals surface area contributed by atoms with Crippen molar-refractivity contribution in [3.8, 4) is 5.95 Å². The Hall–Kier alpha value is -3.11. The van der Waals surface area contributed by atoms with E-state index in [9.17, 15) is 0 Å². The van der Waals surface area contributed by atoms with Crippen molar-refractivity contribution in [3.05, 3.63) is 24.8 Å². The second-order valence-corrected chi connectivity index (χ2v) is 4.17. The maximum Gasteiger partial charge on any atom is 0.258 e. The minimum atomic E-state index is 0.106. The van der Waals surface area contributed by atoms with Crippen molar-refractivity contribution in [2.45, 2.75) is 6.42 Å². The van der Waals surface area contributed by atoms with Gasteiger partial charge in [0.25, 0.3) is 5.95 Å². The number of nitrogens with zero attached hydrogens (tertiary/aromatic N) is 9. The summed E-state index contributed by atoms with van der Waals surface area (Å²) in [7, 11) is 1.82. The lowest BCUT2D eigenvalue weighted by Gasteiger charge is -2.05. The number of hydrogen-bond acceptors (Lipinski definition) is 9. The third-order valence-electron chi connectivity index (χ3n) is 2.54. The standard InChI is InChI=1S/C10H13N11/c1-20-6-14-7(19-20)2-3-13-9-16-8(11)17-10(18-9)21-5-12-4-15-21/h4-6H,2-3H2,1H3,(H3,11,13,16,17,18). The van der Waals surface area contributed by atoms with Gasteiger partial charge in [0.2, 0.25) is 11.9 Å². The zero-order chi connectivity index (χ0) is 14.7. The van der Waals surface area contributed by atoms with E-state index in [0.717, 1.165) is 5.82 Å². The molecule has 0 saturated heterocycles. The molecule has 0 unspecified atom stereocenters. The second-order valence-electron chi connectivity index (χ2n) is 4.17. The summed E-state index contributed by atoms with van der Waals surface area (Å²) >= 11 is 0. The summed E-state index contributed by atoms with van der Waals surface area (Å²) < 4.78 is 3.06. The molecular formula is C10H13N11. The molecule has 3 aromatic rings. The Morgan fingerprint density at radius 1 is 1.24 bits per heavy atom. The molecule has 3 aromatic heterocycles. The number of aryl methyl sites for hydroxylation is 1. The molecule has 0 fully saturated rings. The lowest BCUT2D eigenvalue weighted by molar-refractivity contribution is 0.740. The van der Waals surface area contributed by atoms with Gasteiger partial charge in [-0.25, -0.2) is 9.97 Å². The third kappa shape index (κ3) is 3.08. The first-order valence-corrected chi connectivity index (χ1v) is 6.15. The van der Waals surface area contributed by atoms with Crippen LogP contribution in [0.4, 0.5) is 11.9 Å². The van der Waals surface area contributed by atoms with Crippen LogP contribution in [0, 0.1) is 0 Å². The summed E-state index contributed by atoms with van der Waals surface area (Å²) in [6, 6.07) is 0. The molecule has 3 rings (SSSR count). The topological polar surface area (TPSA) is 138 Å². The highest BCUT2D eigenvalue weighted by atomic mass is 15.4. The van der Waals surface area contributed by atoms with Crippen molar-refractivity contribution in [1.29, 1.82) is 0 Å². The average Bonchev–Trinajstić information content (AvgIpc) is 3.10. The third-order valence-corrected chi connectivity index (χ3v) is 2.54. The van der Waals surface area contributed by atoms with Gasteiger partial charge in [-0.3, -0.25) is 4.68 Å². The summed E-state index contributed by atoms with van der Waals surface area (Å²) in [5, 5.41) is 11.2. The molecule has 21 heavy (non-hydrogen) atoms. The molecule has 0 aliphatic carbocycles. The van der Waals surface area contributed by atoms with Crippen LogP contribution in [0.3, 0.4) is 0 Å². The van der Waals surface area contributed by atoms with Crippen LogP contribution in [0.5, 0.6) is 0 Å². The van der Waals surface area contributed by atoms with E-state index >= 15 is 0 Å². The highest BCUT2D eigenvalue weighted by Crippen LogP contribution is 2.05. The molecule has 0 spiro atoms. The molecule has 0 radical (unpaired) electrons. The largest absolute Gasteiger partial charge is 0.368 e. The predicted molar refractivity (Wildman–Crippen MR) is 72.4 cm³/mol. The lowest BCUT2D eigenvalue weighted by Crippen LogP contribution is -2.13. The number of rotatable bonds is 5. The first kappa shape index (κ1) is 12.9. The molecule has 11 nitrogen and oxygen atoms in total. The van der Waals surface area contributed by atoms with Gasteiger partial charge in [0, 0.05) is 20.0 Å². The van der Waals surface area contributed by atoms with Crippen molar-refractivity contribution in [3.63, 3.8) is 0 Å². The fourth-order valence-corrected chi connectivity index (χ4v) is 1.66. The van der Waals surface area contributed by atoms with E-state index < -0.39 is 0 Å². The molecule has 3 N–H and O–H groups in total. The summed E-state index contributed by atoms with van der Waals surface area (Å²) in [4.78, 5) is 20.2.